The number of carbonyl (C=O) groups excluding carboxylic acids is 3. The minimum atomic E-state index is -4.40. The van der Waals surface area contributed by atoms with Crippen molar-refractivity contribution in [1.82, 2.24) is 30.5 Å². The van der Waals surface area contributed by atoms with Gasteiger partial charge in [-0.25, -0.2) is 41.7 Å². The van der Waals surface area contributed by atoms with Gasteiger partial charge in [-0.05, 0) is 61.5 Å². The number of rotatable bonds is 10. The number of sulfonamides is 1. The van der Waals surface area contributed by atoms with E-state index in [9.17, 15) is 32.7 Å². The molecule has 18 heteroatoms. The van der Waals surface area contributed by atoms with Crippen molar-refractivity contribution in [1.29, 1.82) is 0 Å². The molecule has 0 spiro atoms. The zero-order valence-electron chi connectivity index (χ0n) is 26.8. The number of amides is 4. The van der Waals surface area contributed by atoms with Crippen molar-refractivity contribution < 1.29 is 41.5 Å². The van der Waals surface area contributed by atoms with Crippen molar-refractivity contribution in [3.05, 3.63) is 96.1 Å². The van der Waals surface area contributed by atoms with E-state index >= 15 is 8.78 Å². The molecule has 0 bridgehead atoms. The third-order valence-electron chi connectivity index (χ3n) is 8.60. The van der Waals surface area contributed by atoms with E-state index in [0.29, 0.717) is 43.0 Å². The van der Waals surface area contributed by atoms with E-state index in [1.54, 1.807) is 13.1 Å². The Morgan fingerprint density at radius 2 is 1.76 bits per heavy atom. The Morgan fingerprint density at radius 3 is 2.43 bits per heavy atom. The number of nitrogens with one attached hydrogen (secondary N) is 3. The summed E-state index contributed by atoms with van der Waals surface area (Å²) in [5.74, 6) is -5.83. The lowest BCUT2D eigenvalue weighted by Crippen LogP contribution is -2.65. The third kappa shape index (κ3) is 7.22. The molecule has 0 radical (unpaired) electrons. The lowest BCUT2D eigenvalue weighted by molar-refractivity contribution is -0.139. The third-order valence-corrected chi connectivity index (χ3v) is 9.98. The van der Waals surface area contributed by atoms with Crippen LogP contribution in [0.5, 0.6) is 0 Å². The number of halogens is 2. The first-order valence-corrected chi connectivity index (χ1v) is 17.0. The second-order valence-electron chi connectivity index (χ2n) is 11.8. The van der Waals surface area contributed by atoms with Crippen molar-refractivity contribution >= 4 is 45.2 Å². The minimum absolute atomic E-state index is 0.150. The van der Waals surface area contributed by atoms with Crippen molar-refractivity contribution in [2.24, 2.45) is 5.92 Å². The Kier molecular flexibility index (Phi) is 9.71. The predicted octanol–water partition coefficient (Wildman–Crippen LogP) is 2.42. The summed E-state index contributed by atoms with van der Waals surface area (Å²) in [5.41, 5.74) is -0.813. The molecule has 2 aromatic heterocycles. The first-order valence-electron chi connectivity index (χ1n) is 15.5. The molecule has 4 N–H and O–H groups in total. The number of aliphatic carboxylic acids is 1. The van der Waals surface area contributed by atoms with Gasteiger partial charge in [0.05, 0.1) is 40.0 Å². The Morgan fingerprint density at radius 1 is 1.04 bits per heavy atom. The molecule has 2 aromatic carbocycles. The molecule has 4 aromatic rings. The molecule has 3 atom stereocenters. The maximum absolute atomic E-state index is 15.1. The normalized spacial score (nSPS) is 18.2. The molecule has 15 nitrogen and oxygen atoms in total. The summed E-state index contributed by atoms with van der Waals surface area (Å²) in [6.07, 6.45) is 4.42. The summed E-state index contributed by atoms with van der Waals surface area (Å²) in [5, 5.41) is 15.1. The highest BCUT2D eigenvalue weighted by Gasteiger charge is 2.46. The fourth-order valence-electron chi connectivity index (χ4n) is 5.88. The molecule has 51 heavy (non-hydrogen) atoms. The zero-order valence-corrected chi connectivity index (χ0v) is 27.6. The smallest absolute Gasteiger partial charge is 0.331 e. The molecule has 0 saturated carbocycles. The van der Waals surface area contributed by atoms with Crippen LogP contribution in [0.15, 0.2) is 78.1 Å². The number of urea groups is 1. The second-order valence-corrected chi connectivity index (χ2v) is 13.5. The molecule has 4 heterocycles. The molecule has 4 amide bonds. The molecule has 2 fully saturated rings. The average molecular weight is 721 g/mol. The van der Waals surface area contributed by atoms with Gasteiger partial charge in [0, 0.05) is 49.7 Å². The van der Waals surface area contributed by atoms with Crippen LogP contribution in [0.1, 0.15) is 22.5 Å². The number of imide groups is 1. The van der Waals surface area contributed by atoms with Gasteiger partial charge in [-0.3, -0.25) is 19.3 Å². The molecule has 264 valence electrons. The maximum Gasteiger partial charge on any atom is 0.331 e. The van der Waals surface area contributed by atoms with E-state index in [0.717, 1.165) is 4.90 Å². The standard InChI is InChI=1S/C33H30F2N8O7S/c1-42-28-17-36-12-9-22(28)31(45)43(33(42)48)20-6-5-19(39-16-20)13-27(32(46)47)40-30(44)23-14-25(35)26(15-24(23)34)41-51(49,50)21-7-3-18(4-8-21)29-37-10-2-11-38-29/h2-8,10-11,14-16,22,27-28,36,41H,9,12-13,17H2,1H3,(H,40,44)(H,46,47)/t22?,27-,28?/m0/s1. The van der Waals surface area contributed by atoms with Gasteiger partial charge in [0.1, 0.15) is 17.7 Å². The highest BCUT2D eigenvalue weighted by atomic mass is 32.2. The van der Waals surface area contributed by atoms with Crippen LogP contribution in [0.4, 0.5) is 25.0 Å². The zero-order chi connectivity index (χ0) is 36.4. The van der Waals surface area contributed by atoms with Crippen LogP contribution in [0.3, 0.4) is 0 Å². The number of pyridine rings is 1. The van der Waals surface area contributed by atoms with Crippen LogP contribution in [-0.2, 0) is 26.0 Å². The Bertz CT molecular complexity index is 2110. The van der Waals surface area contributed by atoms with Gasteiger partial charge in [-0.1, -0.05) is 0 Å². The largest absolute Gasteiger partial charge is 0.480 e. The number of likely N-dealkylation sites (N-methyl/N-ethyl adjacent to an activating group) is 1. The van der Waals surface area contributed by atoms with Crippen LogP contribution in [0.2, 0.25) is 0 Å². The molecule has 2 saturated heterocycles. The highest BCUT2D eigenvalue weighted by Crippen LogP contribution is 2.30. The van der Waals surface area contributed by atoms with Crippen molar-refractivity contribution in [3.8, 4) is 11.4 Å². The Balaban J connectivity index is 1.12. The van der Waals surface area contributed by atoms with Crippen molar-refractivity contribution in [2.75, 3.05) is 29.8 Å². The average Bonchev–Trinajstić information content (AvgIpc) is 3.12. The predicted molar refractivity (Wildman–Crippen MR) is 177 cm³/mol. The van der Waals surface area contributed by atoms with E-state index in [-0.39, 0.29) is 28.2 Å². The van der Waals surface area contributed by atoms with Gasteiger partial charge in [0.25, 0.3) is 15.9 Å². The highest BCUT2D eigenvalue weighted by molar-refractivity contribution is 7.92. The summed E-state index contributed by atoms with van der Waals surface area (Å²) in [6, 6.07) is 8.22. The van der Waals surface area contributed by atoms with Gasteiger partial charge >= 0.3 is 12.0 Å². The number of aromatic nitrogens is 3. The van der Waals surface area contributed by atoms with Crippen LogP contribution in [-0.4, -0.2) is 89.4 Å². The first kappa shape index (κ1) is 35.0. The number of benzene rings is 2. The number of hydrogen-bond donors (Lipinski definition) is 4. The van der Waals surface area contributed by atoms with Crippen LogP contribution < -0.4 is 20.3 Å². The van der Waals surface area contributed by atoms with Crippen LogP contribution >= 0.6 is 0 Å². The molecular formula is C33H30F2N8O7S. The van der Waals surface area contributed by atoms with E-state index in [4.69, 9.17) is 0 Å². The topological polar surface area (TPSA) is 204 Å². The fourth-order valence-corrected chi connectivity index (χ4v) is 6.94. The van der Waals surface area contributed by atoms with Gasteiger partial charge < -0.3 is 20.6 Å². The number of piperidine rings is 1. The first-order chi connectivity index (χ1) is 24.3. The summed E-state index contributed by atoms with van der Waals surface area (Å²) in [4.78, 5) is 65.7. The number of fused-ring (bicyclic) bond motifs is 1. The Labute approximate surface area is 289 Å². The van der Waals surface area contributed by atoms with E-state index in [1.165, 1.54) is 59.9 Å². The number of carboxylic acid groups (broad SMARTS) is 1. The van der Waals surface area contributed by atoms with Crippen molar-refractivity contribution in [2.45, 2.75) is 29.8 Å². The number of carboxylic acids is 1. The van der Waals surface area contributed by atoms with Gasteiger partial charge in [0.15, 0.2) is 5.82 Å². The fraction of sp³-hybridized carbons (Fsp3) is 0.242. The number of anilines is 2. The molecule has 2 aliphatic heterocycles. The number of carbonyl (C=O) groups is 4. The van der Waals surface area contributed by atoms with Gasteiger partial charge in [-0.2, -0.15) is 0 Å². The quantitative estimate of drug-likeness (QED) is 0.187. The monoisotopic (exact) mass is 720 g/mol. The summed E-state index contributed by atoms with van der Waals surface area (Å²) >= 11 is 0. The summed E-state index contributed by atoms with van der Waals surface area (Å²) in [7, 11) is -2.79. The van der Waals surface area contributed by atoms with Crippen LogP contribution in [0, 0.1) is 17.6 Å². The molecule has 2 aliphatic rings. The summed E-state index contributed by atoms with van der Waals surface area (Å²) in [6.45, 7) is 1.12. The van der Waals surface area contributed by atoms with Gasteiger partial charge in [0.2, 0.25) is 5.91 Å². The number of hydrogen-bond acceptors (Lipinski definition) is 10. The summed E-state index contributed by atoms with van der Waals surface area (Å²) < 4.78 is 57.9. The molecule has 6 rings (SSSR count). The van der Waals surface area contributed by atoms with Crippen molar-refractivity contribution in [3.63, 3.8) is 0 Å². The minimum Gasteiger partial charge on any atom is -0.480 e. The van der Waals surface area contributed by atoms with E-state index in [1.807, 2.05) is 4.72 Å². The van der Waals surface area contributed by atoms with E-state index < -0.39 is 69.2 Å². The second kappa shape index (κ2) is 14.2. The molecule has 2 unspecified atom stereocenters. The number of nitrogens with zero attached hydrogens (tertiary/aromatic N) is 5. The van der Waals surface area contributed by atoms with E-state index in [2.05, 4.69) is 25.6 Å². The molecular weight excluding hydrogens is 690 g/mol. The lowest BCUT2D eigenvalue weighted by atomic mass is 9.88. The van der Waals surface area contributed by atoms with Gasteiger partial charge in [-0.15, -0.1) is 0 Å². The molecule has 0 aliphatic carbocycles. The Hall–Kier alpha value is -5.88. The lowest BCUT2D eigenvalue weighted by Gasteiger charge is -2.45. The SMILES string of the molecule is CN1C(=O)N(c2ccc(C[C@H](NC(=O)c3cc(F)c(NS(=O)(=O)c4ccc(-c5ncccn5)cc4)cc3F)C(=O)O)nc2)C(=O)C2CCNCC21. The van der Waals surface area contributed by atoms with Crippen LogP contribution in [0.25, 0.3) is 11.4 Å². The maximum atomic E-state index is 15.1.